The zero-order valence-electron chi connectivity index (χ0n) is 11.0. The third-order valence-corrected chi connectivity index (χ3v) is 4.04. The van der Waals surface area contributed by atoms with Gasteiger partial charge in [0.1, 0.15) is 12.1 Å². The summed E-state index contributed by atoms with van der Waals surface area (Å²) in [5, 5.41) is 9.99. The first-order chi connectivity index (χ1) is 9.20. The molecule has 1 N–H and O–H groups in total. The first kappa shape index (κ1) is 12.3. The van der Waals surface area contributed by atoms with Gasteiger partial charge in [-0.2, -0.15) is 0 Å². The van der Waals surface area contributed by atoms with Crippen molar-refractivity contribution in [2.75, 3.05) is 31.1 Å². The highest BCUT2D eigenvalue weighted by Crippen LogP contribution is 2.42. The zero-order valence-corrected chi connectivity index (χ0v) is 11.0. The number of rotatable bonds is 2. The SMILES string of the molecule is C[C@@H]1C[C@@H](O)c2ncnc(N3CCN(C=O)CC3)c21. The van der Waals surface area contributed by atoms with E-state index in [0.29, 0.717) is 0 Å². The Hall–Kier alpha value is -1.69. The van der Waals surface area contributed by atoms with Crippen LogP contribution >= 0.6 is 0 Å². The lowest BCUT2D eigenvalue weighted by Crippen LogP contribution is -2.46. The van der Waals surface area contributed by atoms with E-state index < -0.39 is 6.10 Å². The Kier molecular flexibility index (Phi) is 3.10. The minimum absolute atomic E-state index is 0.283. The summed E-state index contributed by atoms with van der Waals surface area (Å²) in [4.78, 5) is 23.3. The first-order valence-electron chi connectivity index (χ1n) is 6.68. The average molecular weight is 262 g/mol. The molecule has 0 unspecified atom stereocenters. The molecule has 1 aromatic heterocycles. The van der Waals surface area contributed by atoms with Crippen molar-refractivity contribution in [2.45, 2.75) is 25.4 Å². The second kappa shape index (κ2) is 4.77. The normalized spacial score (nSPS) is 26.4. The molecule has 0 radical (unpaired) electrons. The summed E-state index contributed by atoms with van der Waals surface area (Å²) in [5.41, 5.74) is 1.85. The minimum Gasteiger partial charge on any atom is -0.387 e. The van der Waals surface area contributed by atoms with E-state index in [9.17, 15) is 9.90 Å². The van der Waals surface area contributed by atoms with Crippen LogP contribution in [0, 0.1) is 0 Å². The monoisotopic (exact) mass is 262 g/mol. The number of carbonyl (C=O) groups excluding carboxylic acids is 1. The van der Waals surface area contributed by atoms with E-state index in [0.717, 1.165) is 56.1 Å². The van der Waals surface area contributed by atoms with Gasteiger partial charge in [-0.3, -0.25) is 4.79 Å². The molecule has 1 aromatic rings. The first-order valence-corrected chi connectivity index (χ1v) is 6.68. The van der Waals surface area contributed by atoms with Crippen molar-refractivity contribution in [3.05, 3.63) is 17.6 Å². The van der Waals surface area contributed by atoms with E-state index >= 15 is 0 Å². The highest BCUT2D eigenvalue weighted by Gasteiger charge is 2.33. The third kappa shape index (κ3) is 2.06. The number of nitrogens with zero attached hydrogens (tertiary/aromatic N) is 4. The van der Waals surface area contributed by atoms with E-state index in [1.54, 1.807) is 4.90 Å². The van der Waals surface area contributed by atoms with Crippen LogP contribution in [0.25, 0.3) is 0 Å². The molecule has 0 saturated carbocycles. The number of hydrogen-bond donors (Lipinski definition) is 1. The lowest BCUT2D eigenvalue weighted by Gasteiger charge is -2.34. The molecule has 2 atom stereocenters. The highest BCUT2D eigenvalue weighted by molar-refractivity contribution is 5.55. The van der Waals surface area contributed by atoms with Crippen molar-refractivity contribution in [1.82, 2.24) is 14.9 Å². The largest absolute Gasteiger partial charge is 0.387 e. The Labute approximate surface area is 112 Å². The molecule has 19 heavy (non-hydrogen) atoms. The van der Waals surface area contributed by atoms with Crippen LogP contribution in [0.5, 0.6) is 0 Å². The van der Waals surface area contributed by atoms with Gasteiger partial charge in [-0.25, -0.2) is 9.97 Å². The van der Waals surface area contributed by atoms with E-state index in [1.165, 1.54) is 6.33 Å². The third-order valence-electron chi connectivity index (χ3n) is 4.04. The molecule has 3 rings (SSSR count). The lowest BCUT2D eigenvalue weighted by atomic mass is 10.1. The van der Waals surface area contributed by atoms with Crippen molar-refractivity contribution in [2.24, 2.45) is 0 Å². The summed E-state index contributed by atoms with van der Waals surface area (Å²) >= 11 is 0. The van der Waals surface area contributed by atoms with Gasteiger partial charge in [0.15, 0.2) is 0 Å². The fraction of sp³-hybridized carbons (Fsp3) is 0.615. The Morgan fingerprint density at radius 1 is 1.32 bits per heavy atom. The number of fused-ring (bicyclic) bond motifs is 1. The van der Waals surface area contributed by atoms with Crippen LogP contribution < -0.4 is 4.90 Å². The fourth-order valence-electron chi connectivity index (χ4n) is 2.99. The molecule has 1 aliphatic heterocycles. The Morgan fingerprint density at radius 3 is 2.74 bits per heavy atom. The number of carbonyl (C=O) groups is 1. The van der Waals surface area contributed by atoms with Crippen molar-refractivity contribution in [3.8, 4) is 0 Å². The molecule has 2 aliphatic rings. The van der Waals surface area contributed by atoms with E-state index in [4.69, 9.17) is 0 Å². The van der Waals surface area contributed by atoms with Gasteiger partial charge in [0.05, 0.1) is 11.8 Å². The summed E-state index contributed by atoms with van der Waals surface area (Å²) in [6.45, 7) is 5.11. The Balaban J connectivity index is 1.88. The number of anilines is 1. The van der Waals surface area contributed by atoms with Gasteiger partial charge in [0.2, 0.25) is 6.41 Å². The van der Waals surface area contributed by atoms with E-state index in [-0.39, 0.29) is 5.92 Å². The van der Waals surface area contributed by atoms with Crippen molar-refractivity contribution in [3.63, 3.8) is 0 Å². The quantitative estimate of drug-likeness (QED) is 0.776. The predicted molar refractivity (Wildman–Crippen MR) is 69.9 cm³/mol. The van der Waals surface area contributed by atoms with Gasteiger partial charge in [-0.1, -0.05) is 6.92 Å². The Bertz CT molecular complexity index is 486. The standard InChI is InChI=1S/C13H18N4O2/c1-9-6-10(19)12-11(9)13(15-7-14-12)17-4-2-16(8-18)3-5-17/h7-10,19H,2-6H2,1H3/t9-,10-/m1/s1. The van der Waals surface area contributed by atoms with Gasteiger partial charge >= 0.3 is 0 Å². The molecule has 1 fully saturated rings. The van der Waals surface area contributed by atoms with Crippen LogP contribution in [-0.2, 0) is 4.79 Å². The Morgan fingerprint density at radius 2 is 2.05 bits per heavy atom. The number of hydrogen-bond acceptors (Lipinski definition) is 5. The number of aromatic nitrogens is 2. The summed E-state index contributed by atoms with van der Waals surface area (Å²) < 4.78 is 0. The molecule has 1 amide bonds. The van der Waals surface area contributed by atoms with Crippen LogP contribution in [0.1, 0.15) is 36.6 Å². The van der Waals surface area contributed by atoms with Crippen LogP contribution in [0.4, 0.5) is 5.82 Å². The van der Waals surface area contributed by atoms with Gasteiger partial charge < -0.3 is 14.9 Å². The number of aliphatic hydroxyl groups is 1. The van der Waals surface area contributed by atoms with Crippen molar-refractivity contribution >= 4 is 12.2 Å². The molecule has 102 valence electrons. The second-order valence-electron chi connectivity index (χ2n) is 5.28. The minimum atomic E-state index is -0.469. The summed E-state index contributed by atoms with van der Waals surface area (Å²) in [7, 11) is 0. The maximum absolute atomic E-state index is 10.7. The molecule has 6 heteroatoms. The average Bonchev–Trinajstić information content (AvgIpc) is 2.74. The van der Waals surface area contributed by atoms with Gasteiger partial charge in [0.25, 0.3) is 0 Å². The highest BCUT2D eigenvalue weighted by atomic mass is 16.3. The fourth-order valence-corrected chi connectivity index (χ4v) is 2.99. The number of amides is 1. The zero-order chi connectivity index (χ0) is 13.4. The molecular weight excluding hydrogens is 244 g/mol. The van der Waals surface area contributed by atoms with Crippen LogP contribution in [-0.4, -0.2) is 52.6 Å². The summed E-state index contributed by atoms with van der Waals surface area (Å²) in [6.07, 6.45) is 2.67. The maximum Gasteiger partial charge on any atom is 0.209 e. The summed E-state index contributed by atoms with van der Waals surface area (Å²) in [6, 6.07) is 0. The molecule has 0 bridgehead atoms. The van der Waals surface area contributed by atoms with Crippen molar-refractivity contribution in [1.29, 1.82) is 0 Å². The van der Waals surface area contributed by atoms with Crippen LogP contribution in [0.2, 0.25) is 0 Å². The summed E-state index contributed by atoms with van der Waals surface area (Å²) in [5.74, 6) is 1.21. The van der Waals surface area contributed by atoms with E-state index in [1.807, 2.05) is 0 Å². The van der Waals surface area contributed by atoms with Crippen molar-refractivity contribution < 1.29 is 9.90 Å². The molecular formula is C13H18N4O2. The molecule has 1 aliphatic carbocycles. The van der Waals surface area contributed by atoms with Gasteiger partial charge in [-0.05, 0) is 12.3 Å². The number of aliphatic hydroxyl groups excluding tert-OH is 1. The number of piperazine rings is 1. The second-order valence-corrected chi connectivity index (χ2v) is 5.28. The van der Waals surface area contributed by atoms with Crippen LogP contribution in [0.3, 0.4) is 0 Å². The molecule has 6 nitrogen and oxygen atoms in total. The van der Waals surface area contributed by atoms with E-state index in [2.05, 4.69) is 21.8 Å². The predicted octanol–water partition coefficient (Wildman–Crippen LogP) is 0.296. The molecule has 0 aromatic carbocycles. The lowest BCUT2D eigenvalue weighted by molar-refractivity contribution is -0.118. The topological polar surface area (TPSA) is 69.6 Å². The van der Waals surface area contributed by atoms with Gasteiger partial charge in [-0.15, -0.1) is 0 Å². The van der Waals surface area contributed by atoms with Crippen LogP contribution in [0.15, 0.2) is 6.33 Å². The molecule has 0 spiro atoms. The smallest absolute Gasteiger partial charge is 0.209 e. The molecule has 2 heterocycles. The maximum atomic E-state index is 10.7. The van der Waals surface area contributed by atoms with Gasteiger partial charge in [0, 0.05) is 31.7 Å². The molecule has 1 saturated heterocycles.